The largest absolute Gasteiger partial charge is 0.367 e. The van der Waals surface area contributed by atoms with Crippen LogP contribution in [0, 0.1) is 0 Å². The number of hydrogen-bond acceptors (Lipinski definition) is 3. The number of rotatable bonds is 3. The van der Waals surface area contributed by atoms with Crippen molar-refractivity contribution in [2.24, 2.45) is 5.73 Å². The Labute approximate surface area is 132 Å². The third kappa shape index (κ3) is 2.49. The van der Waals surface area contributed by atoms with E-state index >= 15 is 0 Å². The number of amides is 1. The summed E-state index contributed by atoms with van der Waals surface area (Å²) in [6.07, 6.45) is 0.634. The first-order chi connectivity index (χ1) is 10.1. The van der Waals surface area contributed by atoms with Crippen molar-refractivity contribution in [1.82, 2.24) is 0 Å². The van der Waals surface area contributed by atoms with E-state index in [1.807, 2.05) is 42.5 Å². The molecule has 3 rings (SSSR count). The van der Waals surface area contributed by atoms with Crippen LogP contribution < -0.4 is 11.1 Å². The molecule has 5 heteroatoms. The molecule has 0 radical (unpaired) electrons. The number of anilines is 1. The molecular weight excluding hydrogens is 304 g/mol. The molecule has 2 aromatic carbocycles. The number of primary amides is 1. The van der Waals surface area contributed by atoms with Crippen molar-refractivity contribution in [3.05, 3.63) is 59.1 Å². The predicted octanol–water partition coefficient (Wildman–Crippen LogP) is 3.63. The number of nitrogens with one attached hydrogen (secondary N) is 1. The third-order valence-electron chi connectivity index (χ3n) is 3.72. The first-order valence-corrected chi connectivity index (χ1v) is 8.05. The van der Waals surface area contributed by atoms with Gasteiger partial charge >= 0.3 is 0 Å². The van der Waals surface area contributed by atoms with Crippen LogP contribution in [0.5, 0.6) is 0 Å². The Hall–Kier alpha value is -1.65. The maximum Gasteiger partial charge on any atom is 0.247 e. The van der Waals surface area contributed by atoms with Gasteiger partial charge in [0.25, 0.3) is 0 Å². The second kappa shape index (κ2) is 5.62. The lowest BCUT2D eigenvalue weighted by molar-refractivity contribution is -0.122. The predicted molar refractivity (Wildman–Crippen MR) is 87.7 cm³/mol. The normalized spacial score (nSPS) is 20.6. The summed E-state index contributed by atoms with van der Waals surface area (Å²) in [6.45, 7) is 0. The van der Waals surface area contributed by atoms with Crippen LogP contribution in [-0.4, -0.2) is 11.7 Å². The minimum Gasteiger partial charge on any atom is -0.367 e. The fourth-order valence-corrected chi connectivity index (χ4v) is 4.02. The number of hydrogen-bond donors (Lipinski definition) is 2. The highest BCUT2D eigenvalue weighted by Crippen LogP contribution is 2.43. The summed E-state index contributed by atoms with van der Waals surface area (Å²) >= 11 is 7.96. The molecule has 1 aliphatic rings. The molecule has 1 heterocycles. The van der Waals surface area contributed by atoms with E-state index in [4.69, 9.17) is 17.3 Å². The zero-order valence-electron chi connectivity index (χ0n) is 11.3. The first kappa shape index (κ1) is 14.3. The highest BCUT2D eigenvalue weighted by molar-refractivity contribution is 7.99. The zero-order valence-corrected chi connectivity index (χ0v) is 12.9. The molecule has 0 fully saturated rings. The molecule has 0 spiro atoms. The van der Waals surface area contributed by atoms with Crippen LogP contribution in [0.3, 0.4) is 0 Å². The summed E-state index contributed by atoms with van der Waals surface area (Å²) in [5.41, 5.74) is 6.50. The van der Waals surface area contributed by atoms with Crippen molar-refractivity contribution in [1.29, 1.82) is 0 Å². The lowest BCUT2D eigenvalue weighted by Crippen LogP contribution is -2.49. The van der Waals surface area contributed by atoms with Gasteiger partial charge in [0.2, 0.25) is 5.91 Å². The first-order valence-electron chi connectivity index (χ1n) is 6.68. The molecule has 21 heavy (non-hydrogen) atoms. The lowest BCUT2D eigenvalue weighted by atomic mass is 9.85. The van der Waals surface area contributed by atoms with E-state index in [2.05, 4.69) is 5.32 Å². The molecular formula is C16H15ClN2OS. The van der Waals surface area contributed by atoms with Crippen LogP contribution >= 0.6 is 23.4 Å². The van der Waals surface area contributed by atoms with Crippen molar-refractivity contribution in [2.75, 3.05) is 11.1 Å². The van der Waals surface area contributed by atoms with Crippen LogP contribution in [0.25, 0.3) is 0 Å². The maximum atomic E-state index is 12.3. The van der Waals surface area contributed by atoms with Gasteiger partial charge in [-0.05, 0) is 24.6 Å². The monoisotopic (exact) mass is 318 g/mol. The Kier molecular flexibility index (Phi) is 3.83. The van der Waals surface area contributed by atoms with Gasteiger partial charge in [0.05, 0.1) is 10.7 Å². The Balaban J connectivity index is 2.11. The van der Waals surface area contributed by atoms with E-state index in [1.165, 1.54) is 0 Å². The quantitative estimate of drug-likeness (QED) is 0.908. The highest BCUT2D eigenvalue weighted by Gasteiger charge is 2.42. The molecule has 3 N–H and O–H groups in total. The van der Waals surface area contributed by atoms with Crippen molar-refractivity contribution in [3.8, 4) is 0 Å². The number of carbonyl (C=O) groups excluding carboxylic acids is 1. The number of fused-ring (bicyclic) bond motifs is 1. The SMILES string of the molecule is NC(=O)C1(Nc2ccccc2Cl)CCSc2ccccc21. The Morgan fingerprint density at radius 3 is 2.67 bits per heavy atom. The third-order valence-corrected chi connectivity index (χ3v) is 5.13. The van der Waals surface area contributed by atoms with Gasteiger partial charge in [-0.1, -0.05) is 41.9 Å². The Bertz CT molecular complexity index is 691. The topological polar surface area (TPSA) is 55.1 Å². The second-order valence-electron chi connectivity index (χ2n) is 4.97. The zero-order chi connectivity index (χ0) is 14.9. The van der Waals surface area contributed by atoms with Crippen molar-refractivity contribution in [2.45, 2.75) is 16.9 Å². The number of para-hydroxylation sites is 1. The number of halogens is 1. The van der Waals surface area contributed by atoms with Crippen LogP contribution in [0.2, 0.25) is 5.02 Å². The van der Waals surface area contributed by atoms with Crippen molar-refractivity contribution >= 4 is 35.0 Å². The number of nitrogens with two attached hydrogens (primary N) is 1. The average Bonchev–Trinajstić information content (AvgIpc) is 2.49. The second-order valence-corrected chi connectivity index (χ2v) is 6.51. The Morgan fingerprint density at radius 1 is 1.19 bits per heavy atom. The minimum absolute atomic E-state index is 0.379. The van der Waals surface area contributed by atoms with Crippen molar-refractivity contribution in [3.63, 3.8) is 0 Å². The molecule has 0 aromatic heterocycles. The molecule has 1 aliphatic heterocycles. The van der Waals surface area contributed by atoms with Gasteiger partial charge in [-0.3, -0.25) is 4.79 Å². The summed E-state index contributed by atoms with van der Waals surface area (Å²) in [6, 6.07) is 15.3. The lowest BCUT2D eigenvalue weighted by Gasteiger charge is -2.37. The van der Waals surface area contributed by atoms with E-state index < -0.39 is 5.54 Å². The van der Waals surface area contributed by atoms with E-state index in [1.54, 1.807) is 17.8 Å². The average molecular weight is 319 g/mol. The smallest absolute Gasteiger partial charge is 0.247 e. The molecule has 0 saturated heterocycles. The van der Waals surface area contributed by atoms with Gasteiger partial charge in [-0.15, -0.1) is 11.8 Å². The van der Waals surface area contributed by atoms with Gasteiger partial charge in [0.15, 0.2) is 0 Å². The van der Waals surface area contributed by atoms with Crippen LogP contribution in [0.15, 0.2) is 53.4 Å². The van der Waals surface area contributed by atoms with Gasteiger partial charge in [0, 0.05) is 16.2 Å². The molecule has 1 amide bonds. The summed E-state index contributed by atoms with van der Waals surface area (Å²) in [4.78, 5) is 13.3. The van der Waals surface area contributed by atoms with E-state index in [0.717, 1.165) is 21.9 Å². The number of benzene rings is 2. The molecule has 2 aromatic rings. The molecule has 0 aliphatic carbocycles. The fourth-order valence-electron chi connectivity index (χ4n) is 2.63. The summed E-state index contributed by atoms with van der Waals surface area (Å²) in [7, 11) is 0. The Morgan fingerprint density at radius 2 is 1.90 bits per heavy atom. The van der Waals surface area contributed by atoms with Gasteiger partial charge in [0.1, 0.15) is 5.54 Å². The number of thioether (sulfide) groups is 1. The van der Waals surface area contributed by atoms with Crippen molar-refractivity contribution < 1.29 is 4.79 Å². The van der Waals surface area contributed by atoms with Crippen LogP contribution in [0.1, 0.15) is 12.0 Å². The molecule has 0 saturated carbocycles. The highest BCUT2D eigenvalue weighted by atomic mass is 35.5. The summed E-state index contributed by atoms with van der Waals surface area (Å²) in [5.74, 6) is 0.451. The minimum atomic E-state index is -0.910. The molecule has 1 atom stereocenters. The maximum absolute atomic E-state index is 12.3. The summed E-state index contributed by atoms with van der Waals surface area (Å²) < 4.78 is 0. The van der Waals surface area contributed by atoms with Crippen LogP contribution in [0.4, 0.5) is 5.69 Å². The van der Waals surface area contributed by atoms with E-state index in [0.29, 0.717) is 11.4 Å². The van der Waals surface area contributed by atoms with Gasteiger partial charge in [-0.25, -0.2) is 0 Å². The van der Waals surface area contributed by atoms with E-state index in [-0.39, 0.29) is 5.91 Å². The number of carbonyl (C=O) groups is 1. The molecule has 0 bridgehead atoms. The standard InChI is InChI=1S/C16H15ClN2OS/c17-12-6-2-3-7-13(12)19-16(15(18)20)9-10-21-14-8-4-1-5-11(14)16/h1-8,19H,9-10H2,(H2,18,20). The van der Waals surface area contributed by atoms with Crippen LogP contribution in [-0.2, 0) is 10.3 Å². The van der Waals surface area contributed by atoms with E-state index in [9.17, 15) is 4.79 Å². The summed E-state index contributed by atoms with van der Waals surface area (Å²) in [5, 5.41) is 3.88. The van der Waals surface area contributed by atoms with Gasteiger partial charge < -0.3 is 11.1 Å². The fraction of sp³-hybridized carbons (Fsp3) is 0.188. The van der Waals surface area contributed by atoms with Gasteiger partial charge in [-0.2, -0.15) is 0 Å². The molecule has 1 unspecified atom stereocenters. The molecule has 108 valence electrons. The molecule has 3 nitrogen and oxygen atoms in total.